The van der Waals surface area contributed by atoms with Crippen LogP contribution in [0, 0.1) is 0 Å². The van der Waals surface area contributed by atoms with Crippen molar-refractivity contribution in [2.75, 3.05) is 23.3 Å². The molecule has 0 spiro atoms. The predicted molar refractivity (Wildman–Crippen MR) is 254 cm³/mol. The number of pyridine rings is 1. The van der Waals surface area contributed by atoms with Crippen LogP contribution < -0.4 is 60.0 Å². The van der Waals surface area contributed by atoms with Crippen LogP contribution in [0.15, 0.2) is 46.3 Å². The molecule has 19 N–H and O–H groups in total. The first-order chi connectivity index (χ1) is 34.4. The summed E-state index contributed by atoms with van der Waals surface area (Å²) < 4.78 is 0. The highest BCUT2D eigenvalue weighted by Crippen LogP contribution is 2.14. The number of anilines is 2. The van der Waals surface area contributed by atoms with E-state index in [9.17, 15) is 83.1 Å². The maximum Gasteiger partial charge on any atom is 0.327 e. The highest BCUT2D eigenvalue weighted by molar-refractivity contribution is 7.80. The van der Waals surface area contributed by atoms with Crippen molar-refractivity contribution in [2.24, 2.45) is 16.5 Å². The number of H-pyrrole nitrogens is 1. The van der Waals surface area contributed by atoms with Crippen molar-refractivity contribution in [3.8, 4) is 0 Å². The van der Waals surface area contributed by atoms with E-state index in [0.29, 0.717) is 16.9 Å². The zero-order chi connectivity index (χ0) is 54.5. The van der Waals surface area contributed by atoms with Gasteiger partial charge in [0.15, 0.2) is 11.5 Å². The molecule has 73 heavy (non-hydrogen) atoms. The van der Waals surface area contributed by atoms with E-state index in [0.717, 1.165) is 0 Å². The van der Waals surface area contributed by atoms with Crippen molar-refractivity contribution in [1.29, 1.82) is 0 Å². The van der Waals surface area contributed by atoms with E-state index in [1.807, 2.05) is 10.6 Å². The van der Waals surface area contributed by atoms with Gasteiger partial charge in [0.1, 0.15) is 42.1 Å². The van der Waals surface area contributed by atoms with Crippen molar-refractivity contribution < 1.29 is 78.3 Å². The minimum absolute atomic E-state index is 0.00577. The van der Waals surface area contributed by atoms with E-state index < -0.39 is 151 Å². The van der Waals surface area contributed by atoms with Crippen LogP contribution in [0.2, 0.25) is 0 Å². The number of guanidine groups is 1. The SMILES string of the molecule is NC(N)=NCCC[C@@H](NC(=O)[C@@H](CC(=O)O)NC(=O)CC[C@H](NC(=O)c1ccc(NCc2cnc3cc(N)[nH]c(=O)c3n2)cc1)C(=O)O)C(=O)N[C@H](CC(=O)O)C(=O)N[C@H](CC(=O)O)C(=O)N[C@H](CS)C(=O)O. The third kappa shape index (κ3) is 19.7. The predicted octanol–water partition coefficient (Wildman–Crippen LogP) is -4.61. The standard InChI is InChI=1S/C41H52N14O17S/c42-27-10-22-32(38(68)55-27)48-19(15-47-22)14-46-18-5-3-17(4-6-18)33(63)51-21(39(69)70)7-8-28(56)49-23(11-29(57)58)35(65)50-20(2-1-9-45-41(43)44)34(64)52-24(12-30(59)60)36(66)53-25(13-31(61)62)37(67)54-26(16-73)40(71)72/h3-6,10,15,20-21,23-26,46,73H,1-2,7-9,11-14,16H2,(H,49,56)(H,50,65)(H,51,63)(H,52,64)(H,53,66)(H,54,67)(H,57,58)(H,59,60)(H,61,62)(H,69,70)(H,71,72)(H3,42,55,68)(H4,43,44,45)/t20-,21+,23-,24-,25-,26-/m1/s1. The normalized spacial score (nSPS) is 13.2. The van der Waals surface area contributed by atoms with Gasteiger partial charge in [-0.1, -0.05) is 0 Å². The number of carboxylic acid groups (broad SMARTS) is 5. The Balaban J connectivity index is 1.71. The number of nitrogens with one attached hydrogen (secondary N) is 8. The second-order valence-corrected chi connectivity index (χ2v) is 16.0. The van der Waals surface area contributed by atoms with Crippen LogP contribution in [0.25, 0.3) is 11.0 Å². The maximum absolute atomic E-state index is 13.7. The number of rotatable bonds is 30. The van der Waals surface area contributed by atoms with Crippen molar-refractivity contribution >= 4 is 106 Å². The van der Waals surface area contributed by atoms with Gasteiger partial charge in [0.05, 0.1) is 43.2 Å². The lowest BCUT2D eigenvalue weighted by Crippen LogP contribution is -2.59. The summed E-state index contributed by atoms with van der Waals surface area (Å²) in [6.45, 7) is -0.0517. The Morgan fingerprint density at radius 3 is 1.68 bits per heavy atom. The van der Waals surface area contributed by atoms with Crippen LogP contribution in [0.1, 0.15) is 61.0 Å². The molecular weight excluding hydrogens is 993 g/mol. The van der Waals surface area contributed by atoms with Crippen LogP contribution in [0.3, 0.4) is 0 Å². The number of hydrogen-bond donors (Lipinski definition) is 17. The number of thiol groups is 1. The van der Waals surface area contributed by atoms with Crippen LogP contribution in [0.5, 0.6) is 0 Å². The van der Waals surface area contributed by atoms with E-state index in [-0.39, 0.29) is 42.4 Å². The van der Waals surface area contributed by atoms with Gasteiger partial charge < -0.3 is 84.9 Å². The second kappa shape index (κ2) is 27.9. The molecule has 31 nitrogen and oxygen atoms in total. The number of aromatic amines is 1. The number of hydrogen-bond acceptors (Lipinski definition) is 18. The van der Waals surface area contributed by atoms with Crippen molar-refractivity contribution in [3.63, 3.8) is 0 Å². The number of benzene rings is 1. The van der Waals surface area contributed by atoms with Gasteiger partial charge in [0.25, 0.3) is 11.5 Å². The molecule has 2 aromatic heterocycles. The molecule has 0 aliphatic rings. The summed E-state index contributed by atoms with van der Waals surface area (Å²) in [4.78, 5) is 165. The Labute approximate surface area is 416 Å². The van der Waals surface area contributed by atoms with Gasteiger partial charge in [-0.25, -0.2) is 14.6 Å². The summed E-state index contributed by atoms with van der Waals surface area (Å²) >= 11 is 3.79. The third-order valence-corrected chi connectivity index (χ3v) is 10.3. The lowest BCUT2D eigenvalue weighted by Gasteiger charge is -2.26. The first-order valence-electron chi connectivity index (χ1n) is 21.4. The van der Waals surface area contributed by atoms with Crippen LogP contribution in [-0.2, 0) is 54.5 Å². The molecule has 0 fully saturated rings. The van der Waals surface area contributed by atoms with E-state index in [4.69, 9.17) is 17.2 Å². The van der Waals surface area contributed by atoms with Crippen molar-refractivity contribution in [2.45, 2.75) is 87.7 Å². The number of carboxylic acids is 5. The van der Waals surface area contributed by atoms with E-state index in [2.05, 4.69) is 59.2 Å². The summed E-state index contributed by atoms with van der Waals surface area (Å²) in [6, 6.07) is -4.02. The first-order valence-corrected chi connectivity index (χ1v) is 22.1. The number of carbonyl (C=O) groups is 11. The fraction of sp³-hybridized carbons (Fsp3) is 0.390. The molecule has 0 aliphatic carbocycles. The van der Waals surface area contributed by atoms with Crippen molar-refractivity contribution in [3.05, 3.63) is 58.1 Å². The Hall–Kier alpha value is -9.10. The summed E-state index contributed by atoms with van der Waals surface area (Å²) in [5.41, 5.74) is 17.0. The van der Waals surface area contributed by atoms with Crippen LogP contribution >= 0.6 is 12.6 Å². The average Bonchev–Trinajstić information content (AvgIpc) is 3.30. The monoisotopic (exact) mass is 1040 g/mol. The molecule has 6 amide bonds. The Morgan fingerprint density at radius 2 is 1.18 bits per heavy atom. The molecule has 32 heteroatoms. The topological polar surface area (TPSA) is 522 Å². The van der Waals surface area contributed by atoms with E-state index in [1.165, 1.54) is 36.5 Å². The highest BCUT2D eigenvalue weighted by atomic mass is 32.1. The van der Waals surface area contributed by atoms with Crippen LogP contribution in [-0.4, -0.2) is 160 Å². The molecule has 0 saturated heterocycles. The minimum atomic E-state index is -2.10. The molecule has 1 aromatic carbocycles. The maximum atomic E-state index is 13.7. The highest BCUT2D eigenvalue weighted by Gasteiger charge is 2.35. The lowest BCUT2D eigenvalue weighted by molar-refractivity contribution is -0.144. The fourth-order valence-electron chi connectivity index (χ4n) is 6.34. The van der Waals surface area contributed by atoms with Gasteiger partial charge in [-0.2, -0.15) is 12.6 Å². The quantitative estimate of drug-likeness (QED) is 0.0129. The van der Waals surface area contributed by atoms with Gasteiger partial charge in [0.2, 0.25) is 29.5 Å². The molecule has 0 radical (unpaired) electrons. The number of nitrogens with zero attached hydrogens (tertiary/aromatic N) is 3. The van der Waals surface area contributed by atoms with Gasteiger partial charge in [0, 0.05) is 36.0 Å². The second-order valence-electron chi connectivity index (χ2n) is 15.6. The first kappa shape index (κ1) is 58.2. The van der Waals surface area contributed by atoms with Crippen LogP contribution in [0.4, 0.5) is 11.5 Å². The summed E-state index contributed by atoms with van der Waals surface area (Å²) in [5.74, 6) is -16.2. The van der Waals surface area contributed by atoms with Crippen molar-refractivity contribution in [1.82, 2.24) is 46.9 Å². The lowest BCUT2D eigenvalue weighted by atomic mass is 10.1. The zero-order valence-corrected chi connectivity index (χ0v) is 39.0. The smallest absolute Gasteiger partial charge is 0.327 e. The molecule has 0 bridgehead atoms. The summed E-state index contributed by atoms with van der Waals surface area (Å²) in [5, 5.41) is 63.1. The molecule has 394 valence electrons. The largest absolute Gasteiger partial charge is 0.481 e. The summed E-state index contributed by atoms with van der Waals surface area (Å²) in [6.07, 6.45) is -3.81. The Morgan fingerprint density at radius 1 is 0.671 bits per heavy atom. The van der Waals surface area contributed by atoms with E-state index in [1.54, 1.807) is 0 Å². The molecule has 6 atom stereocenters. The Bertz CT molecular complexity index is 2660. The number of nitrogen functional groups attached to an aromatic ring is 1. The Kier molecular flexibility index (Phi) is 22.3. The number of nitrogens with two attached hydrogens (primary N) is 3. The molecule has 2 heterocycles. The molecule has 0 saturated carbocycles. The minimum Gasteiger partial charge on any atom is -0.481 e. The molecule has 3 aromatic rings. The zero-order valence-electron chi connectivity index (χ0n) is 38.2. The number of aliphatic carboxylic acids is 5. The molecule has 0 aliphatic heterocycles. The third-order valence-electron chi connectivity index (χ3n) is 9.93. The van der Waals surface area contributed by atoms with Gasteiger partial charge in [-0.15, -0.1) is 0 Å². The van der Waals surface area contributed by atoms with E-state index >= 15 is 0 Å². The fourth-order valence-corrected chi connectivity index (χ4v) is 6.59. The van der Waals surface area contributed by atoms with Gasteiger partial charge >= 0.3 is 29.8 Å². The number of aromatic nitrogens is 3. The number of fused-ring (bicyclic) bond motifs is 1. The molecular formula is C41H52N14O17S. The average molecular weight is 1050 g/mol. The summed E-state index contributed by atoms with van der Waals surface area (Å²) in [7, 11) is 0. The number of carbonyl (C=O) groups excluding carboxylic acids is 6. The van der Waals surface area contributed by atoms with Gasteiger partial charge in [-0.3, -0.25) is 57.9 Å². The molecule has 3 rings (SSSR count). The van der Waals surface area contributed by atoms with Gasteiger partial charge in [-0.05, 0) is 43.5 Å². The molecule has 0 unspecified atom stereocenters. The number of amides is 6. The number of aliphatic imine (C=N–C) groups is 1.